The fourth-order valence-electron chi connectivity index (χ4n) is 2.75. The van der Waals surface area contributed by atoms with Crippen LogP contribution in [0.1, 0.15) is 0 Å². The molecule has 0 atom stereocenters. The van der Waals surface area contributed by atoms with Crippen molar-refractivity contribution in [2.24, 2.45) is 0 Å². The van der Waals surface area contributed by atoms with Gasteiger partial charge in [0.25, 0.3) is 5.91 Å². The van der Waals surface area contributed by atoms with Crippen LogP contribution in [0.2, 0.25) is 0 Å². The Kier molecular flexibility index (Phi) is 5.92. The molecule has 1 aromatic carbocycles. The van der Waals surface area contributed by atoms with Gasteiger partial charge in [0.15, 0.2) is 0 Å². The first kappa shape index (κ1) is 22.9. The summed E-state index contributed by atoms with van der Waals surface area (Å²) in [6.45, 7) is -1.52. The monoisotopic (exact) mass is 438 g/mol. The lowest BCUT2D eigenvalue weighted by molar-refractivity contribution is -0.389. The average Bonchev–Trinajstić information content (AvgIpc) is 2.66. The number of nitrogens with zero attached hydrogens (tertiary/aromatic N) is 2. The molecule has 1 aliphatic rings. The summed E-state index contributed by atoms with van der Waals surface area (Å²) < 4.78 is 122. The highest BCUT2D eigenvalue weighted by Crippen LogP contribution is 2.53. The third-order valence-corrected chi connectivity index (χ3v) is 4.41. The Hall–Kier alpha value is -2.34. The first-order valence-electron chi connectivity index (χ1n) is 8.06. The zero-order valence-corrected chi connectivity index (χ0v) is 14.8. The Morgan fingerprint density at radius 3 is 1.86 bits per heavy atom. The Balaban J connectivity index is 2.17. The lowest BCUT2D eigenvalue weighted by Gasteiger charge is -2.40. The number of carbonyl (C=O) groups excluding carboxylic acids is 1. The summed E-state index contributed by atoms with van der Waals surface area (Å²) in [5.74, 6) is -22.7. The second-order valence-electron chi connectivity index (χ2n) is 6.17. The van der Waals surface area contributed by atoms with Crippen molar-refractivity contribution in [3.8, 4) is 5.75 Å². The summed E-state index contributed by atoms with van der Waals surface area (Å²) in [5, 5.41) is 0. The van der Waals surface area contributed by atoms with Crippen LogP contribution < -0.4 is 9.64 Å². The van der Waals surface area contributed by atoms with Gasteiger partial charge in [-0.05, 0) is 12.1 Å². The molecule has 0 radical (unpaired) electrons. The molecule has 0 unspecified atom stereocenters. The van der Waals surface area contributed by atoms with Crippen molar-refractivity contribution < 1.29 is 49.0 Å². The Morgan fingerprint density at radius 1 is 0.862 bits per heavy atom. The van der Waals surface area contributed by atoms with Crippen LogP contribution in [-0.2, 0) is 4.79 Å². The minimum Gasteiger partial charge on any atom is -0.495 e. The Labute approximate surface area is 158 Å². The molecule has 1 fully saturated rings. The highest BCUT2D eigenvalue weighted by molar-refractivity contribution is 5.85. The second-order valence-corrected chi connectivity index (χ2v) is 6.17. The molecule has 2 rings (SSSR count). The average molecular weight is 438 g/mol. The summed E-state index contributed by atoms with van der Waals surface area (Å²) in [6.07, 6.45) is -6.97. The number of benzene rings is 1. The maximum absolute atomic E-state index is 13.8. The van der Waals surface area contributed by atoms with Crippen LogP contribution in [0.5, 0.6) is 5.75 Å². The van der Waals surface area contributed by atoms with Gasteiger partial charge in [-0.2, -0.15) is 39.5 Å². The van der Waals surface area contributed by atoms with E-state index in [4.69, 9.17) is 4.74 Å². The number of carbonyl (C=O) groups is 1. The van der Waals surface area contributed by atoms with E-state index < -0.39 is 42.9 Å². The molecule has 29 heavy (non-hydrogen) atoms. The van der Waals surface area contributed by atoms with Crippen molar-refractivity contribution in [2.45, 2.75) is 23.9 Å². The molecule has 1 amide bonds. The molecule has 1 saturated heterocycles. The maximum atomic E-state index is 13.8. The highest BCUT2D eigenvalue weighted by atomic mass is 19.4. The minimum absolute atomic E-state index is 0.131. The number of rotatable bonds is 5. The Bertz CT molecular complexity index is 744. The zero-order valence-electron chi connectivity index (χ0n) is 14.8. The van der Waals surface area contributed by atoms with E-state index >= 15 is 0 Å². The van der Waals surface area contributed by atoms with Crippen molar-refractivity contribution in [1.82, 2.24) is 4.90 Å². The number of methoxy groups -OCH3 is 1. The van der Waals surface area contributed by atoms with Crippen LogP contribution in [0.3, 0.4) is 0 Å². The van der Waals surface area contributed by atoms with Gasteiger partial charge >= 0.3 is 23.9 Å². The lowest BCUT2D eigenvalue weighted by atomic mass is 10.0. The molecule has 4 nitrogen and oxygen atoms in total. The number of para-hydroxylation sites is 2. The van der Waals surface area contributed by atoms with Gasteiger partial charge in [0.1, 0.15) is 5.75 Å². The number of hydrogen-bond acceptors (Lipinski definition) is 3. The van der Waals surface area contributed by atoms with Crippen LogP contribution in [0, 0.1) is 0 Å². The molecule has 0 aromatic heterocycles. The van der Waals surface area contributed by atoms with Gasteiger partial charge in [0, 0.05) is 26.2 Å². The molecule has 0 aliphatic carbocycles. The SMILES string of the molecule is COc1ccccc1N1CCN(C(=O)C(F)(F)C(F)(F)C(F)(F)C(F)(F)F)CC1. The van der Waals surface area contributed by atoms with E-state index in [0.717, 1.165) is 0 Å². The summed E-state index contributed by atoms with van der Waals surface area (Å²) in [5.41, 5.74) is 0.503. The Morgan fingerprint density at radius 2 is 1.38 bits per heavy atom. The van der Waals surface area contributed by atoms with Crippen LogP contribution in [0.25, 0.3) is 0 Å². The van der Waals surface area contributed by atoms with Crippen molar-refractivity contribution in [3.05, 3.63) is 24.3 Å². The van der Waals surface area contributed by atoms with Crippen molar-refractivity contribution >= 4 is 11.6 Å². The molecule has 1 aliphatic heterocycles. The van der Waals surface area contributed by atoms with Crippen molar-refractivity contribution in [1.29, 1.82) is 0 Å². The fraction of sp³-hybridized carbons (Fsp3) is 0.562. The van der Waals surface area contributed by atoms with E-state index in [1.807, 2.05) is 0 Å². The molecule has 1 aromatic rings. The van der Waals surface area contributed by atoms with Gasteiger partial charge in [-0.1, -0.05) is 12.1 Å². The van der Waals surface area contributed by atoms with Crippen LogP contribution in [0.15, 0.2) is 24.3 Å². The smallest absolute Gasteiger partial charge is 0.460 e. The number of halogens is 9. The summed E-state index contributed by atoms with van der Waals surface area (Å²) in [6, 6.07) is 6.46. The molecule has 0 spiro atoms. The standard InChI is InChI=1S/C16H15F9N2O2/c1-29-11-5-3-2-4-10(11)26-6-8-27(9-7-26)12(28)13(17,18)14(19,20)15(21,22)16(23,24)25/h2-5H,6-9H2,1H3. The molecule has 1 heterocycles. The van der Waals surface area contributed by atoms with E-state index in [9.17, 15) is 44.3 Å². The molecule has 0 bridgehead atoms. The van der Waals surface area contributed by atoms with Gasteiger partial charge in [0.2, 0.25) is 0 Å². The lowest BCUT2D eigenvalue weighted by Crippen LogP contribution is -2.66. The van der Waals surface area contributed by atoms with Gasteiger partial charge in [0.05, 0.1) is 12.8 Å². The van der Waals surface area contributed by atoms with E-state index in [1.54, 1.807) is 29.2 Å². The highest BCUT2D eigenvalue weighted by Gasteiger charge is 2.84. The third-order valence-electron chi connectivity index (χ3n) is 4.41. The molecular weight excluding hydrogens is 423 g/mol. The van der Waals surface area contributed by atoms with E-state index in [0.29, 0.717) is 11.4 Å². The number of anilines is 1. The number of ether oxygens (including phenoxy) is 1. The minimum atomic E-state index is -7.10. The van der Waals surface area contributed by atoms with E-state index in [1.165, 1.54) is 7.11 Å². The molecule has 13 heteroatoms. The quantitative estimate of drug-likeness (QED) is 0.656. The molecule has 0 N–H and O–H groups in total. The van der Waals surface area contributed by atoms with Crippen molar-refractivity contribution in [3.63, 3.8) is 0 Å². The largest absolute Gasteiger partial charge is 0.495 e. The van der Waals surface area contributed by atoms with E-state index in [-0.39, 0.29) is 18.0 Å². The van der Waals surface area contributed by atoms with Crippen LogP contribution >= 0.6 is 0 Å². The first-order valence-corrected chi connectivity index (χ1v) is 8.06. The van der Waals surface area contributed by atoms with E-state index in [2.05, 4.69) is 0 Å². The molecule has 0 saturated carbocycles. The number of alkyl halides is 9. The normalized spacial score (nSPS) is 16.8. The summed E-state index contributed by atoms with van der Waals surface area (Å²) in [7, 11) is 1.36. The maximum Gasteiger partial charge on any atom is 0.460 e. The van der Waals surface area contributed by atoms with Crippen molar-refractivity contribution in [2.75, 3.05) is 38.2 Å². The topological polar surface area (TPSA) is 32.8 Å². The van der Waals surface area contributed by atoms with Gasteiger partial charge in [-0.25, -0.2) is 0 Å². The van der Waals surface area contributed by atoms with Gasteiger partial charge in [-0.15, -0.1) is 0 Å². The fourth-order valence-corrected chi connectivity index (χ4v) is 2.75. The van der Waals surface area contributed by atoms with Crippen LogP contribution in [0.4, 0.5) is 45.2 Å². The number of hydrogen-bond donors (Lipinski definition) is 0. The summed E-state index contributed by atoms with van der Waals surface area (Å²) in [4.78, 5) is 13.4. The summed E-state index contributed by atoms with van der Waals surface area (Å²) >= 11 is 0. The van der Waals surface area contributed by atoms with Gasteiger partial charge in [-0.3, -0.25) is 4.79 Å². The first-order chi connectivity index (χ1) is 13.2. The molecular formula is C16H15F9N2O2. The van der Waals surface area contributed by atoms with Gasteiger partial charge < -0.3 is 14.5 Å². The third kappa shape index (κ3) is 3.78. The zero-order chi connectivity index (χ0) is 22.3. The van der Waals surface area contributed by atoms with Crippen LogP contribution in [-0.4, -0.2) is 68.0 Å². The number of amides is 1. The predicted molar refractivity (Wildman–Crippen MR) is 82.7 cm³/mol. The number of piperazine rings is 1. The molecule has 164 valence electrons. The second kappa shape index (κ2) is 7.48. The predicted octanol–water partition coefficient (Wildman–Crippen LogP) is 3.81.